The van der Waals surface area contributed by atoms with E-state index in [1.54, 1.807) is 0 Å². The predicted octanol–water partition coefficient (Wildman–Crippen LogP) is 3.30. The summed E-state index contributed by atoms with van der Waals surface area (Å²) in [4.78, 5) is 21.8. The van der Waals surface area contributed by atoms with Crippen molar-refractivity contribution < 1.29 is 19.8 Å². The Labute approximate surface area is 103 Å². The van der Waals surface area contributed by atoms with Gasteiger partial charge in [-0.15, -0.1) is 0 Å². The van der Waals surface area contributed by atoms with E-state index in [4.69, 9.17) is 5.11 Å². The number of unbranched alkanes of at least 4 members (excludes halogenated alkanes) is 2. The van der Waals surface area contributed by atoms with E-state index in [9.17, 15) is 14.7 Å². The van der Waals surface area contributed by atoms with Gasteiger partial charge in [0.15, 0.2) is 0 Å². The molecule has 0 spiro atoms. The maximum Gasteiger partial charge on any atom is 0.309 e. The molecule has 0 aromatic rings. The van der Waals surface area contributed by atoms with Crippen molar-refractivity contribution in [3.8, 4) is 0 Å². The predicted molar refractivity (Wildman–Crippen MR) is 66.0 cm³/mol. The van der Waals surface area contributed by atoms with Crippen LogP contribution in [0.1, 0.15) is 65.2 Å². The van der Waals surface area contributed by atoms with Gasteiger partial charge in [-0.1, -0.05) is 33.1 Å². The summed E-state index contributed by atoms with van der Waals surface area (Å²) in [5.74, 6) is -1.54. The number of aliphatic carboxylic acids is 2. The highest BCUT2D eigenvalue weighted by molar-refractivity contribution is 5.74. The third-order valence-corrected chi connectivity index (χ3v) is 3.44. The summed E-state index contributed by atoms with van der Waals surface area (Å²) in [5, 5.41) is 17.9. The maximum atomic E-state index is 11.4. The first kappa shape index (κ1) is 15.9. The Kier molecular flexibility index (Phi) is 7.59. The lowest BCUT2D eigenvalue weighted by Crippen LogP contribution is -2.30. The fraction of sp³-hybridized carbons (Fsp3) is 0.846. The molecular formula is C13H24O4. The average molecular weight is 244 g/mol. The van der Waals surface area contributed by atoms with Gasteiger partial charge in [0, 0.05) is 6.42 Å². The molecule has 0 saturated carbocycles. The fourth-order valence-electron chi connectivity index (χ4n) is 2.10. The molecule has 0 fully saturated rings. The smallest absolute Gasteiger partial charge is 0.309 e. The van der Waals surface area contributed by atoms with Crippen LogP contribution in [0.3, 0.4) is 0 Å². The highest BCUT2D eigenvalue weighted by atomic mass is 16.4. The summed E-state index contributed by atoms with van der Waals surface area (Å²) in [7, 11) is 0. The van der Waals surface area contributed by atoms with Crippen LogP contribution in [0.4, 0.5) is 0 Å². The third kappa shape index (κ3) is 5.71. The van der Waals surface area contributed by atoms with Crippen LogP contribution in [-0.2, 0) is 9.59 Å². The van der Waals surface area contributed by atoms with Crippen molar-refractivity contribution in [2.24, 2.45) is 5.41 Å². The molecule has 2 N–H and O–H groups in total. The lowest BCUT2D eigenvalue weighted by atomic mass is 9.76. The monoisotopic (exact) mass is 244 g/mol. The summed E-state index contributed by atoms with van der Waals surface area (Å²) >= 11 is 0. The van der Waals surface area contributed by atoms with Crippen LogP contribution < -0.4 is 0 Å². The molecule has 0 radical (unpaired) electrons. The number of carboxylic acid groups (broad SMARTS) is 2. The summed E-state index contributed by atoms with van der Waals surface area (Å²) < 4.78 is 0. The number of hydrogen-bond donors (Lipinski definition) is 2. The van der Waals surface area contributed by atoms with Crippen molar-refractivity contribution in [1.82, 2.24) is 0 Å². The van der Waals surface area contributed by atoms with Crippen molar-refractivity contribution in [3.63, 3.8) is 0 Å². The van der Waals surface area contributed by atoms with Gasteiger partial charge in [0.1, 0.15) is 0 Å². The minimum absolute atomic E-state index is 0.132. The van der Waals surface area contributed by atoms with Gasteiger partial charge in [-0.3, -0.25) is 9.59 Å². The van der Waals surface area contributed by atoms with E-state index in [1.165, 1.54) is 0 Å². The maximum absolute atomic E-state index is 11.4. The van der Waals surface area contributed by atoms with Gasteiger partial charge in [-0.05, 0) is 25.7 Å². The summed E-state index contributed by atoms with van der Waals surface area (Å²) in [6, 6.07) is 0. The van der Waals surface area contributed by atoms with Crippen molar-refractivity contribution in [1.29, 1.82) is 0 Å². The average Bonchev–Trinajstić information content (AvgIpc) is 2.28. The van der Waals surface area contributed by atoms with Crippen LogP contribution in [-0.4, -0.2) is 22.2 Å². The zero-order valence-corrected chi connectivity index (χ0v) is 10.9. The molecule has 0 saturated heterocycles. The van der Waals surface area contributed by atoms with Gasteiger partial charge in [0.05, 0.1) is 5.41 Å². The molecule has 0 aliphatic heterocycles. The van der Waals surface area contributed by atoms with E-state index in [-0.39, 0.29) is 6.42 Å². The largest absolute Gasteiger partial charge is 0.481 e. The number of carbonyl (C=O) groups is 2. The standard InChI is InChI=1S/C13H24O4/c1-3-5-9-13(4-2,12(16)17)10-7-6-8-11(14)15/h3-10H2,1-2H3,(H,14,15)(H,16,17). The molecule has 0 heterocycles. The van der Waals surface area contributed by atoms with Crippen LogP contribution in [0, 0.1) is 5.41 Å². The lowest BCUT2D eigenvalue weighted by Gasteiger charge is -2.28. The number of hydrogen-bond acceptors (Lipinski definition) is 2. The molecule has 0 aliphatic carbocycles. The van der Waals surface area contributed by atoms with E-state index >= 15 is 0 Å². The first-order chi connectivity index (χ1) is 7.98. The molecule has 0 rings (SSSR count). The van der Waals surface area contributed by atoms with E-state index in [0.29, 0.717) is 32.1 Å². The Morgan fingerprint density at radius 1 is 1.00 bits per heavy atom. The van der Waals surface area contributed by atoms with E-state index < -0.39 is 17.4 Å². The Bertz CT molecular complexity index is 250. The highest BCUT2D eigenvalue weighted by Crippen LogP contribution is 2.35. The molecule has 0 amide bonds. The van der Waals surface area contributed by atoms with Crippen molar-refractivity contribution in [3.05, 3.63) is 0 Å². The third-order valence-electron chi connectivity index (χ3n) is 3.44. The fourth-order valence-corrected chi connectivity index (χ4v) is 2.10. The molecule has 100 valence electrons. The van der Waals surface area contributed by atoms with E-state index in [1.807, 2.05) is 13.8 Å². The van der Waals surface area contributed by atoms with Gasteiger partial charge in [0.25, 0.3) is 0 Å². The molecule has 0 aromatic carbocycles. The summed E-state index contributed by atoms with van der Waals surface area (Å²) in [6.07, 6.45) is 5.19. The van der Waals surface area contributed by atoms with E-state index in [2.05, 4.69) is 0 Å². The minimum atomic E-state index is -0.809. The zero-order chi connectivity index (χ0) is 13.3. The zero-order valence-electron chi connectivity index (χ0n) is 10.9. The topological polar surface area (TPSA) is 74.6 Å². The SMILES string of the molecule is CCCCC(CC)(CCCCC(=O)O)C(=O)O. The molecule has 0 bridgehead atoms. The molecular weight excluding hydrogens is 220 g/mol. The quantitative estimate of drug-likeness (QED) is 0.578. The Balaban J connectivity index is 4.26. The van der Waals surface area contributed by atoms with Crippen LogP contribution in [0.25, 0.3) is 0 Å². The van der Waals surface area contributed by atoms with Gasteiger partial charge in [-0.2, -0.15) is 0 Å². The first-order valence-electron chi connectivity index (χ1n) is 6.43. The minimum Gasteiger partial charge on any atom is -0.481 e. The molecule has 1 atom stereocenters. The van der Waals surface area contributed by atoms with Crippen LogP contribution in [0.5, 0.6) is 0 Å². The van der Waals surface area contributed by atoms with Crippen molar-refractivity contribution >= 4 is 11.9 Å². The Morgan fingerprint density at radius 2 is 1.59 bits per heavy atom. The second-order valence-corrected chi connectivity index (χ2v) is 4.64. The highest BCUT2D eigenvalue weighted by Gasteiger charge is 2.35. The number of rotatable bonds is 10. The van der Waals surface area contributed by atoms with E-state index in [0.717, 1.165) is 12.8 Å². The van der Waals surface area contributed by atoms with Crippen LogP contribution in [0.2, 0.25) is 0 Å². The Hall–Kier alpha value is -1.06. The molecule has 17 heavy (non-hydrogen) atoms. The van der Waals surface area contributed by atoms with Gasteiger partial charge >= 0.3 is 11.9 Å². The molecule has 0 aliphatic rings. The van der Waals surface area contributed by atoms with Gasteiger partial charge in [0.2, 0.25) is 0 Å². The van der Waals surface area contributed by atoms with Gasteiger partial charge in [-0.25, -0.2) is 0 Å². The van der Waals surface area contributed by atoms with Crippen LogP contribution in [0.15, 0.2) is 0 Å². The molecule has 4 heteroatoms. The van der Waals surface area contributed by atoms with Gasteiger partial charge < -0.3 is 10.2 Å². The molecule has 1 unspecified atom stereocenters. The second kappa shape index (κ2) is 8.09. The van der Waals surface area contributed by atoms with Crippen molar-refractivity contribution in [2.45, 2.75) is 65.2 Å². The summed E-state index contributed by atoms with van der Waals surface area (Å²) in [6.45, 7) is 3.95. The Morgan fingerprint density at radius 3 is 2.00 bits per heavy atom. The number of carboxylic acids is 2. The molecule has 4 nitrogen and oxygen atoms in total. The van der Waals surface area contributed by atoms with Crippen LogP contribution >= 0.6 is 0 Å². The molecule has 0 aromatic heterocycles. The first-order valence-corrected chi connectivity index (χ1v) is 6.43. The second-order valence-electron chi connectivity index (χ2n) is 4.64. The summed E-state index contributed by atoms with van der Waals surface area (Å²) in [5.41, 5.74) is -0.644. The lowest BCUT2D eigenvalue weighted by molar-refractivity contribution is -0.150. The van der Waals surface area contributed by atoms with Crippen molar-refractivity contribution in [2.75, 3.05) is 0 Å². The normalized spacial score (nSPS) is 14.2.